The van der Waals surface area contributed by atoms with Crippen molar-refractivity contribution in [2.24, 2.45) is 0 Å². The highest BCUT2D eigenvalue weighted by atomic mass is 31.0. The van der Waals surface area contributed by atoms with Gasteiger partial charge in [-0.3, -0.25) is 0 Å². The summed E-state index contributed by atoms with van der Waals surface area (Å²) in [6.07, 6.45) is 2.24. The van der Waals surface area contributed by atoms with Gasteiger partial charge in [0, 0.05) is 5.30 Å². The van der Waals surface area contributed by atoms with Gasteiger partial charge in [0.1, 0.15) is 17.7 Å². The molecule has 0 bridgehead atoms. The summed E-state index contributed by atoms with van der Waals surface area (Å²) in [5.41, 5.74) is 2.03. The summed E-state index contributed by atoms with van der Waals surface area (Å²) in [4.78, 5) is 6.63. The van der Waals surface area contributed by atoms with Gasteiger partial charge in [0.15, 0.2) is 5.65 Å². The number of anilines is 1. The molecule has 5 nitrogen and oxygen atoms in total. The minimum Gasteiger partial charge on any atom is -0.486 e. The molecule has 2 unspecified atom stereocenters. The molecule has 0 radical (unpaired) electrons. The standard InChI is InChI=1S/C16H18N4OP2/c1-10-17-16-5-2-11(7-20(16)18-10)19-8-12(9-19)21-14-4-3-13(22)6-15(14)23/h2-7,12H,8-9,22-23H2,1H3. The van der Waals surface area contributed by atoms with Gasteiger partial charge in [-0.1, -0.05) is 6.07 Å². The van der Waals surface area contributed by atoms with Crippen LogP contribution < -0.4 is 20.2 Å². The Labute approximate surface area is 139 Å². The van der Waals surface area contributed by atoms with Gasteiger partial charge in [0.05, 0.1) is 25.0 Å². The van der Waals surface area contributed by atoms with E-state index in [1.165, 1.54) is 0 Å². The summed E-state index contributed by atoms with van der Waals surface area (Å²) < 4.78 is 7.90. The lowest BCUT2D eigenvalue weighted by Crippen LogP contribution is -2.54. The van der Waals surface area contributed by atoms with Gasteiger partial charge in [0.25, 0.3) is 0 Å². The van der Waals surface area contributed by atoms with Crippen LogP contribution in [0.5, 0.6) is 5.75 Å². The molecule has 1 aliphatic rings. The second-order valence-corrected chi connectivity index (χ2v) is 7.08. The average molecular weight is 344 g/mol. The number of pyridine rings is 1. The number of ether oxygens (including phenoxy) is 1. The molecule has 1 aliphatic heterocycles. The quantitative estimate of drug-likeness (QED) is 0.672. The molecule has 2 atom stereocenters. The highest BCUT2D eigenvalue weighted by molar-refractivity contribution is 7.29. The monoisotopic (exact) mass is 344 g/mol. The van der Waals surface area contributed by atoms with Gasteiger partial charge in [-0.15, -0.1) is 18.5 Å². The predicted molar refractivity (Wildman–Crippen MR) is 99.5 cm³/mol. The Morgan fingerprint density at radius 1 is 1.17 bits per heavy atom. The van der Waals surface area contributed by atoms with Crippen molar-refractivity contribution in [1.82, 2.24) is 14.6 Å². The summed E-state index contributed by atoms with van der Waals surface area (Å²) in [5.74, 6) is 1.73. The molecule has 1 fully saturated rings. The zero-order chi connectivity index (χ0) is 16.0. The third-order valence-electron chi connectivity index (χ3n) is 3.96. The Balaban J connectivity index is 1.43. The van der Waals surface area contributed by atoms with Crippen LogP contribution in [0.1, 0.15) is 5.82 Å². The van der Waals surface area contributed by atoms with E-state index in [9.17, 15) is 0 Å². The van der Waals surface area contributed by atoms with Crippen molar-refractivity contribution < 1.29 is 4.74 Å². The van der Waals surface area contributed by atoms with Gasteiger partial charge in [-0.2, -0.15) is 5.10 Å². The van der Waals surface area contributed by atoms with Crippen LogP contribution in [-0.4, -0.2) is 33.8 Å². The van der Waals surface area contributed by atoms with Crippen LogP contribution in [0.2, 0.25) is 0 Å². The fourth-order valence-electron chi connectivity index (χ4n) is 2.75. The summed E-state index contributed by atoms with van der Waals surface area (Å²) in [5, 5.41) is 6.62. The predicted octanol–water partition coefficient (Wildman–Crippen LogP) is 1.31. The Morgan fingerprint density at radius 3 is 2.78 bits per heavy atom. The lowest BCUT2D eigenvalue weighted by Gasteiger charge is -2.40. The normalized spacial score (nSPS) is 15.0. The maximum absolute atomic E-state index is 6.07. The number of nitrogens with zero attached hydrogens (tertiary/aromatic N) is 4. The molecule has 118 valence electrons. The van der Waals surface area contributed by atoms with E-state index >= 15 is 0 Å². The van der Waals surface area contributed by atoms with E-state index in [1.54, 1.807) is 0 Å². The van der Waals surface area contributed by atoms with Crippen LogP contribution in [-0.2, 0) is 0 Å². The number of benzene rings is 1. The summed E-state index contributed by atoms with van der Waals surface area (Å²) in [6, 6.07) is 10.2. The molecule has 0 saturated carbocycles. The average Bonchev–Trinajstić information content (AvgIpc) is 2.83. The van der Waals surface area contributed by atoms with E-state index in [4.69, 9.17) is 4.74 Å². The van der Waals surface area contributed by atoms with Gasteiger partial charge < -0.3 is 9.64 Å². The lowest BCUT2D eigenvalue weighted by molar-refractivity contribution is 0.169. The maximum Gasteiger partial charge on any atom is 0.155 e. The van der Waals surface area contributed by atoms with Crippen molar-refractivity contribution in [3.05, 3.63) is 42.4 Å². The first-order valence-electron chi connectivity index (χ1n) is 7.48. The van der Waals surface area contributed by atoms with E-state index in [0.29, 0.717) is 0 Å². The van der Waals surface area contributed by atoms with Crippen LogP contribution in [0, 0.1) is 6.92 Å². The molecular formula is C16H18N4OP2. The summed E-state index contributed by atoms with van der Waals surface area (Å²) in [7, 11) is 5.43. The fourth-order valence-corrected chi connectivity index (χ4v) is 3.57. The number of hydrogen-bond donors (Lipinski definition) is 0. The third-order valence-corrected chi connectivity index (χ3v) is 4.77. The van der Waals surface area contributed by atoms with Crippen molar-refractivity contribution in [3.63, 3.8) is 0 Å². The molecular weight excluding hydrogens is 326 g/mol. The van der Waals surface area contributed by atoms with Gasteiger partial charge in [0.2, 0.25) is 0 Å². The molecule has 0 spiro atoms. The first kappa shape index (κ1) is 14.9. The topological polar surface area (TPSA) is 42.7 Å². The van der Waals surface area contributed by atoms with Crippen LogP contribution in [0.4, 0.5) is 5.69 Å². The second-order valence-electron chi connectivity index (χ2n) is 5.79. The summed E-state index contributed by atoms with van der Waals surface area (Å²) in [6.45, 7) is 3.67. The zero-order valence-corrected chi connectivity index (χ0v) is 15.1. The first-order chi connectivity index (χ1) is 11.1. The smallest absolute Gasteiger partial charge is 0.155 e. The number of aryl methyl sites for hydroxylation is 1. The second kappa shape index (κ2) is 5.74. The molecule has 3 heterocycles. The van der Waals surface area contributed by atoms with E-state index in [0.717, 1.165) is 46.6 Å². The molecule has 1 aromatic carbocycles. The van der Waals surface area contributed by atoms with Gasteiger partial charge in [-0.25, -0.2) is 9.50 Å². The molecule has 3 aromatic rings. The van der Waals surface area contributed by atoms with Gasteiger partial charge in [-0.05, 0) is 36.5 Å². The van der Waals surface area contributed by atoms with Crippen molar-refractivity contribution in [1.29, 1.82) is 0 Å². The Kier molecular flexibility index (Phi) is 3.71. The van der Waals surface area contributed by atoms with Crippen molar-refractivity contribution in [2.75, 3.05) is 18.0 Å². The highest BCUT2D eigenvalue weighted by Gasteiger charge is 2.29. The molecule has 4 rings (SSSR count). The molecule has 0 N–H and O–H groups in total. The van der Waals surface area contributed by atoms with Gasteiger partial charge >= 0.3 is 0 Å². The van der Waals surface area contributed by atoms with Crippen molar-refractivity contribution in [2.45, 2.75) is 13.0 Å². The Morgan fingerprint density at radius 2 is 2.00 bits per heavy atom. The number of fused-ring (bicyclic) bond motifs is 1. The highest BCUT2D eigenvalue weighted by Crippen LogP contribution is 2.24. The first-order valence-corrected chi connectivity index (χ1v) is 8.63. The van der Waals surface area contributed by atoms with Crippen LogP contribution in [0.15, 0.2) is 36.5 Å². The Hall–Kier alpha value is -1.70. The maximum atomic E-state index is 6.07. The minimum absolute atomic E-state index is 0.220. The van der Waals surface area contributed by atoms with Crippen LogP contribution in [0.25, 0.3) is 5.65 Å². The molecule has 1 saturated heterocycles. The number of hydrogen-bond acceptors (Lipinski definition) is 4. The van der Waals surface area contributed by atoms with E-state index in [1.807, 2.05) is 35.8 Å². The number of rotatable bonds is 3. The molecule has 0 amide bonds. The number of aromatic nitrogens is 3. The molecule has 0 aliphatic carbocycles. The zero-order valence-electron chi connectivity index (χ0n) is 12.8. The van der Waals surface area contributed by atoms with Crippen LogP contribution in [0.3, 0.4) is 0 Å². The Bertz CT molecular complexity index is 874. The molecule has 7 heteroatoms. The van der Waals surface area contributed by atoms with Crippen LogP contribution >= 0.6 is 18.5 Å². The fraction of sp³-hybridized carbons (Fsp3) is 0.250. The molecule has 2 aromatic heterocycles. The van der Waals surface area contributed by atoms with Crippen molar-refractivity contribution >= 4 is 40.4 Å². The molecule has 23 heavy (non-hydrogen) atoms. The van der Waals surface area contributed by atoms with E-state index in [-0.39, 0.29) is 6.10 Å². The third kappa shape index (κ3) is 2.91. The van der Waals surface area contributed by atoms with E-state index < -0.39 is 0 Å². The SMILES string of the molecule is Cc1nc2ccc(N3CC(Oc4ccc(P)cc4P)C3)cn2n1. The van der Waals surface area contributed by atoms with Crippen molar-refractivity contribution in [3.8, 4) is 5.75 Å². The van der Waals surface area contributed by atoms with E-state index in [2.05, 4.69) is 45.6 Å². The summed E-state index contributed by atoms with van der Waals surface area (Å²) >= 11 is 0. The largest absolute Gasteiger partial charge is 0.486 e. The minimum atomic E-state index is 0.220. The lowest BCUT2D eigenvalue weighted by atomic mass is 10.1.